The molecule has 2 aromatic rings. The normalized spacial score (nSPS) is 15.4. The predicted molar refractivity (Wildman–Crippen MR) is 108 cm³/mol. The smallest absolute Gasteiger partial charge is 0.147 e. The molecule has 28 heavy (non-hydrogen) atoms. The number of nitrogens with one attached hydrogen (secondary N) is 1. The number of nitriles is 1. The van der Waals surface area contributed by atoms with Crippen LogP contribution in [0.3, 0.4) is 0 Å². The minimum atomic E-state index is -0.310. The molecule has 0 aromatic heterocycles. The van der Waals surface area contributed by atoms with E-state index in [1.807, 2.05) is 11.0 Å². The highest BCUT2D eigenvalue weighted by atomic mass is 19.1. The van der Waals surface area contributed by atoms with Gasteiger partial charge in [-0.2, -0.15) is 10.4 Å². The van der Waals surface area contributed by atoms with Gasteiger partial charge in [-0.3, -0.25) is 10.3 Å². The molecule has 0 radical (unpaired) electrons. The summed E-state index contributed by atoms with van der Waals surface area (Å²) in [5.41, 5.74) is 5.41. The molecule has 0 spiro atoms. The van der Waals surface area contributed by atoms with Crippen molar-refractivity contribution in [2.45, 2.75) is 13.3 Å². The summed E-state index contributed by atoms with van der Waals surface area (Å²) in [4.78, 5) is 4.26. The zero-order chi connectivity index (χ0) is 19.9. The molecular weight excluding hydrogens is 360 g/mol. The van der Waals surface area contributed by atoms with Gasteiger partial charge in [0, 0.05) is 44.7 Å². The maximum Gasteiger partial charge on any atom is 0.147 e. The first-order chi connectivity index (χ1) is 13.6. The van der Waals surface area contributed by atoms with E-state index >= 15 is 0 Å². The molecule has 0 amide bonds. The van der Waals surface area contributed by atoms with Crippen LogP contribution in [0.25, 0.3) is 0 Å². The molecule has 1 heterocycles. The predicted octanol–water partition coefficient (Wildman–Crippen LogP) is 3.84. The van der Waals surface area contributed by atoms with Crippen LogP contribution in [-0.4, -0.2) is 43.3 Å². The third-order valence-electron chi connectivity index (χ3n) is 4.82. The topological polar surface area (TPSA) is 54.7 Å². The summed E-state index contributed by atoms with van der Waals surface area (Å²) in [6.07, 6.45) is 0.521. The van der Waals surface area contributed by atoms with Crippen LogP contribution >= 0.6 is 0 Å². The van der Waals surface area contributed by atoms with Gasteiger partial charge in [0.25, 0.3) is 0 Å². The van der Waals surface area contributed by atoms with Crippen molar-refractivity contribution in [1.29, 1.82) is 5.26 Å². The quantitative estimate of drug-likeness (QED) is 0.608. The number of benzene rings is 2. The van der Waals surface area contributed by atoms with Gasteiger partial charge in [-0.05, 0) is 43.3 Å². The Morgan fingerprint density at radius 2 is 1.82 bits per heavy atom. The van der Waals surface area contributed by atoms with E-state index in [1.54, 1.807) is 25.1 Å². The molecule has 0 bridgehead atoms. The lowest BCUT2D eigenvalue weighted by Crippen LogP contribution is -2.46. The number of anilines is 2. The van der Waals surface area contributed by atoms with E-state index in [0.29, 0.717) is 29.1 Å². The average Bonchev–Trinajstić information content (AvgIpc) is 2.72. The molecule has 5 nitrogen and oxygen atoms in total. The average molecular weight is 383 g/mol. The molecule has 1 saturated heterocycles. The molecule has 1 fully saturated rings. The number of halogens is 2. The van der Waals surface area contributed by atoms with Crippen molar-refractivity contribution in [1.82, 2.24) is 4.90 Å². The minimum absolute atomic E-state index is 0.278. The van der Waals surface area contributed by atoms with Crippen molar-refractivity contribution in [3.8, 4) is 6.07 Å². The van der Waals surface area contributed by atoms with E-state index < -0.39 is 0 Å². The first-order valence-electron chi connectivity index (χ1n) is 9.27. The van der Waals surface area contributed by atoms with E-state index in [9.17, 15) is 8.78 Å². The first-order valence-corrected chi connectivity index (χ1v) is 9.27. The lowest BCUT2D eigenvalue weighted by Gasteiger charge is -2.36. The highest BCUT2D eigenvalue weighted by molar-refractivity contribution is 5.99. The molecule has 146 valence electrons. The number of hydrogen-bond donors (Lipinski definition) is 1. The summed E-state index contributed by atoms with van der Waals surface area (Å²) < 4.78 is 27.6. The maximum atomic E-state index is 14.7. The largest absolute Gasteiger partial charge is 0.367 e. The van der Waals surface area contributed by atoms with Crippen LogP contribution in [0.1, 0.15) is 18.9 Å². The Balaban J connectivity index is 1.63. The second-order valence-electron chi connectivity index (χ2n) is 6.72. The summed E-state index contributed by atoms with van der Waals surface area (Å²) in [5.74, 6) is -0.589. The summed E-state index contributed by atoms with van der Waals surface area (Å²) in [6, 6.07) is 13.2. The fourth-order valence-corrected chi connectivity index (χ4v) is 3.15. The molecule has 2 aromatic carbocycles. The van der Waals surface area contributed by atoms with Gasteiger partial charge in [-0.15, -0.1) is 0 Å². The molecule has 1 aliphatic rings. The highest BCUT2D eigenvalue weighted by Crippen LogP contribution is 2.22. The van der Waals surface area contributed by atoms with Gasteiger partial charge >= 0.3 is 0 Å². The molecule has 1 aliphatic heterocycles. The zero-order valence-electron chi connectivity index (χ0n) is 15.8. The molecule has 0 atom stereocenters. The fraction of sp³-hybridized carbons (Fsp3) is 0.333. The minimum Gasteiger partial charge on any atom is -0.367 e. The van der Waals surface area contributed by atoms with Crippen molar-refractivity contribution in [2.75, 3.05) is 43.0 Å². The van der Waals surface area contributed by atoms with Gasteiger partial charge in [-0.1, -0.05) is 6.07 Å². The molecular formula is C21H23F2N5. The third kappa shape index (κ3) is 5.05. The van der Waals surface area contributed by atoms with Crippen molar-refractivity contribution < 1.29 is 8.78 Å². The van der Waals surface area contributed by atoms with E-state index in [2.05, 4.69) is 21.5 Å². The number of hydrogen-bond acceptors (Lipinski definition) is 5. The fourth-order valence-electron chi connectivity index (χ4n) is 3.15. The molecule has 7 heteroatoms. The first kappa shape index (κ1) is 19.8. The van der Waals surface area contributed by atoms with Crippen LogP contribution in [0.5, 0.6) is 0 Å². The highest BCUT2D eigenvalue weighted by Gasteiger charge is 2.19. The molecule has 1 N–H and O–H groups in total. The van der Waals surface area contributed by atoms with Crippen molar-refractivity contribution >= 4 is 17.1 Å². The third-order valence-corrected chi connectivity index (χ3v) is 4.82. The Kier molecular flexibility index (Phi) is 6.56. The molecule has 0 unspecified atom stereocenters. The summed E-state index contributed by atoms with van der Waals surface area (Å²) in [7, 11) is 0. The lowest BCUT2D eigenvalue weighted by molar-refractivity contribution is 0.263. The SMILES string of the molecule is C/C(=N\Nc1ccc(F)cc1)c1ccc(N2CCN(CCC#N)CC2)c(F)c1. The van der Waals surface area contributed by atoms with E-state index in [1.165, 1.54) is 18.2 Å². The molecule has 0 saturated carbocycles. The van der Waals surface area contributed by atoms with E-state index in [4.69, 9.17) is 5.26 Å². The zero-order valence-corrected chi connectivity index (χ0v) is 15.8. The van der Waals surface area contributed by atoms with E-state index in [0.717, 1.165) is 32.7 Å². The van der Waals surface area contributed by atoms with Crippen LogP contribution in [0.4, 0.5) is 20.2 Å². The lowest BCUT2D eigenvalue weighted by atomic mass is 10.1. The van der Waals surface area contributed by atoms with Gasteiger partial charge < -0.3 is 4.90 Å². The molecule has 3 rings (SSSR count). The second kappa shape index (κ2) is 9.29. The number of piperazine rings is 1. The van der Waals surface area contributed by atoms with E-state index in [-0.39, 0.29) is 11.6 Å². The van der Waals surface area contributed by atoms with Gasteiger partial charge in [0.2, 0.25) is 0 Å². The maximum absolute atomic E-state index is 14.7. The number of nitrogens with zero attached hydrogens (tertiary/aromatic N) is 4. The Morgan fingerprint density at radius 3 is 2.46 bits per heavy atom. The monoisotopic (exact) mass is 383 g/mol. The van der Waals surface area contributed by atoms with Gasteiger partial charge in [0.15, 0.2) is 0 Å². The van der Waals surface area contributed by atoms with Gasteiger partial charge in [0.1, 0.15) is 11.6 Å². The Morgan fingerprint density at radius 1 is 1.11 bits per heavy atom. The van der Waals surface area contributed by atoms with Crippen molar-refractivity contribution in [3.05, 3.63) is 59.7 Å². The number of rotatable bonds is 6. The van der Waals surface area contributed by atoms with Gasteiger partial charge in [-0.25, -0.2) is 8.78 Å². The summed E-state index contributed by atoms with van der Waals surface area (Å²) >= 11 is 0. The Labute approximate surface area is 163 Å². The van der Waals surface area contributed by atoms with Crippen LogP contribution in [0, 0.1) is 23.0 Å². The Bertz CT molecular complexity index is 865. The van der Waals surface area contributed by atoms with Crippen LogP contribution in [-0.2, 0) is 0 Å². The summed E-state index contributed by atoms with van der Waals surface area (Å²) in [5, 5.41) is 12.9. The summed E-state index contributed by atoms with van der Waals surface area (Å²) in [6.45, 7) is 5.68. The van der Waals surface area contributed by atoms with Crippen LogP contribution in [0.15, 0.2) is 47.6 Å². The standard InChI is InChI=1S/C21H23F2N5/c1-16(25-26-19-6-4-18(22)5-7-19)17-3-8-21(20(23)15-17)28-13-11-27(12-14-28)10-2-9-24/h3-8,15,26H,2,10-14H2,1H3/b25-16+. The van der Waals surface area contributed by atoms with Crippen molar-refractivity contribution in [3.63, 3.8) is 0 Å². The van der Waals surface area contributed by atoms with Crippen molar-refractivity contribution in [2.24, 2.45) is 5.10 Å². The van der Waals surface area contributed by atoms with Crippen LogP contribution in [0.2, 0.25) is 0 Å². The second-order valence-corrected chi connectivity index (χ2v) is 6.72. The number of hydrazone groups is 1. The van der Waals surface area contributed by atoms with Crippen LogP contribution < -0.4 is 10.3 Å². The molecule has 0 aliphatic carbocycles. The van der Waals surface area contributed by atoms with Gasteiger partial charge in [0.05, 0.1) is 23.2 Å². The Hall–Kier alpha value is -2.98.